The molecule has 4 fully saturated rings. The third kappa shape index (κ3) is 1.61. The van der Waals surface area contributed by atoms with Crippen LogP contribution in [0, 0.1) is 17.8 Å². The standard InChI is InChI=1S/C20H22O2/c21-18-8-17(19(22)16-4-2-1-3-15(16)18)20-9-12-5-13(10-20)7-14(6-12)11-20/h1-4,8,12-14,21-22H,5-7,9-11H2. The van der Waals surface area contributed by atoms with E-state index in [4.69, 9.17) is 0 Å². The number of fused-ring (bicyclic) bond motifs is 1. The molecule has 2 heteroatoms. The predicted octanol–water partition coefficient (Wildman–Crippen LogP) is 4.72. The zero-order chi connectivity index (χ0) is 14.9. The topological polar surface area (TPSA) is 40.5 Å². The van der Waals surface area contributed by atoms with Gasteiger partial charge >= 0.3 is 0 Å². The van der Waals surface area contributed by atoms with E-state index in [0.717, 1.165) is 34.1 Å². The maximum Gasteiger partial charge on any atom is 0.127 e. The molecular formula is C20H22O2. The van der Waals surface area contributed by atoms with E-state index in [9.17, 15) is 10.2 Å². The van der Waals surface area contributed by atoms with Crippen LogP contribution in [0.15, 0.2) is 30.3 Å². The normalized spacial score (nSPS) is 36.1. The largest absolute Gasteiger partial charge is 0.507 e. The molecule has 0 heterocycles. The molecule has 2 nitrogen and oxygen atoms in total. The Bertz CT molecular complexity index is 726. The van der Waals surface area contributed by atoms with Crippen molar-refractivity contribution in [3.63, 3.8) is 0 Å². The van der Waals surface area contributed by atoms with Gasteiger partial charge in [-0.25, -0.2) is 0 Å². The fraction of sp³-hybridized carbons (Fsp3) is 0.500. The molecule has 0 atom stereocenters. The van der Waals surface area contributed by atoms with Crippen LogP contribution in [0.25, 0.3) is 10.8 Å². The van der Waals surface area contributed by atoms with Crippen LogP contribution in [0.4, 0.5) is 0 Å². The number of benzene rings is 2. The van der Waals surface area contributed by atoms with Crippen LogP contribution in [0.1, 0.15) is 44.1 Å². The zero-order valence-electron chi connectivity index (χ0n) is 12.8. The summed E-state index contributed by atoms with van der Waals surface area (Å²) in [5, 5.41) is 22.9. The summed E-state index contributed by atoms with van der Waals surface area (Å²) in [6.07, 6.45) is 7.76. The van der Waals surface area contributed by atoms with Gasteiger partial charge in [-0.3, -0.25) is 0 Å². The molecule has 0 aromatic heterocycles. The molecule has 4 bridgehead atoms. The first-order valence-electron chi connectivity index (χ1n) is 8.59. The van der Waals surface area contributed by atoms with Crippen LogP contribution >= 0.6 is 0 Å². The lowest BCUT2D eigenvalue weighted by Gasteiger charge is -2.57. The summed E-state index contributed by atoms with van der Waals surface area (Å²) in [7, 11) is 0. The number of rotatable bonds is 1. The summed E-state index contributed by atoms with van der Waals surface area (Å²) in [6, 6.07) is 9.52. The van der Waals surface area contributed by atoms with E-state index >= 15 is 0 Å². The van der Waals surface area contributed by atoms with Crippen LogP contribution in [-0.2, 0) is 5.41 Å². The van der Waals surface area contributed by atoms with Gasteiger partial charge in [0.25, 0.3) is 0 Å². The van der Waals surface area contributed by atoms with Gasteiger partial charge in [0.15, 0.2) is 0 Å². The predicted molar refractivity (Wildman–Crippen MR) is 87.1 cm³/mol. The maximum atomic E-state index is 10.9. The lowest BCUT2D eigenvalue weighted by Crippen LogP contribution is -2.48. The van der Waals surface area contributed by atoms with E-state index in [-0.39, 0.29) is 5.41 Å². The second-order valence-electron chi connectivity index (χ2n) is 8.04. The Labute approximate surface area is 130 Å². The minimum Gasteiger partial charge on any atom is -0.507 e. The number of phenolic OH excluding ortho intramolecular Hbond substituents is 2. The highest BCUT2D eigenvalue weighted by atomic mass is 16.3. The first-order chi connectivity index (χ1) is 10.6. The van der Waals surface area contributed by atoms with Crippen molar-refractivity contribution >= 4 is 10.8 Å². The highest BCUT2D eigenvalue weighted by molar-refractivity contribution is 5.94. The Balaban J connectivity index is 1.72. The van der Waals surface area contributed by atoms with Crippen molar-refractivity contribution in [2.24, 2.45) is 17.8 Å². The third-order valence-electron chi connectivity index (χ3n) is 6.60. The number of aromatic hydroxyl groups is 2. The van der Waals surface area contributed by atoms with E-state index in [2.05, 4.69) is 0 Å². The molecular weight excluding hydrogens is 272 g/mol. The van der Waals surface area contributed by atoms with Crippen molar-refractivity contribution in [1.82, 2.24) is 0 Å². The van der Waals surface area contributed by atoms with Crippen molar-refractivity contribution in [2.75, 3.05) is 0 Å². The molecule has 4 aliphatic rings. The van der Waals surface area contributed by atoms with Gasteiger partial charge in [0.1, 0.15) is 11.5 Å². The van der Waals surface area contributed by atoms with E-state index in [1.54, 1.807) is 0 Å². The van der Waals surface area contributed by atoms with Gasteiger partial charge in [-0.1, -0.05) is 24.3 Å². The molecule has 0 spiro atoms. The molecule has 0 saturated heterocycles. The van der Waals surface area contributed by atoms with Gasteiger partial charge in [-0.15, -0.1) is 0 Å². The molecule has 4 saturated carbocycles. The van der Waals surface area contributed by atoms with E-state index in [0.29, 0.717) is 11.5 Å². The second-order valence-corrected chi connectivity index (χ2v) is 8.04. The van der Waals surface area contributed by atoms with Crippen molar-refractivity contribution in [3.05, 3.63) is 35.9 Å². The van der Waals surface area contributed by atoms with E-state index in [1.165, 1.54) is 38.5 Å². The van der Waals surface area contributed by atoms with Crippen LogP contribution in [0.3, 0.4) is 0 Å². The van der Waals surface area contributed by atoms with Gasteiger partial charge < -0.3 is 10.2 Å². The van der Waals surface area contributed by atoms with Gasteiger partial charge in [0.2, 0.25) is 0 Å². The Morgan fingerprint density at radius 2 is 1.36 bits per heavy atom. The minimum atomic E-state index is 0.111. The summed E-state index contributed by atoms with van der Waals surface area (Å²) in [6.45, 7) is 0. The lowest BCUT2D eigenvalue weighted by molar-refractivity contribution is -0.00611. The fourth-order valence-corrected chi connectivity index (χ4v) is 6.19. The first kappa shape index (κ1) is 12.8. The third-order valence-corrected chi connectivity index (χ3v) is 6.60. The molecule has 114 valence electrons. The maximum absolute atomic E-state index is 10.9. The van der Waals surface area contributed by atoms with Gasteiger partial charge in [0.05, 0.1) is 0 Å². The summed E-state index contributed by atoms with van der Waals surface area (Å²) in [5.41, 5.74) is 1.13. The summed E-state index contributed by atoms with van der Waals surface area (Å²) in [5.74, 6) is 3.23. The molecule has 0 unspecified atom stereocenters. The van der Waals surface area contributed by atoms with Crippen LogP contribution < -0.4 is 0 Å². The molecule has 22 heavy (non-hydrogen) atoms. The lowest BCUT2D eigenvalue weighted by atomic mass is 9.48. The van der Waals surface area contributed by atoms with Gasteiger partial charge in [-0.2, -0.15) is 0 Å². The van der Waals surface area contributed by atoms with Crippen molar-refractivity contribution in [3.8, 4) is 11.5 Å². The Morgan fingerprint density at radius 3 is 1.95 bits per heavy atom. The van der Waals surface area contributed by atoms with Crippen LogP contribution in [0.2, 0.25) is 0 Å². The van der Waals surface area contributed by atoms with Crippen molar-refractivity contribution in [2.45, 2.75) is 43.9 Å². The summed E-state index contributed by atoms with van der Waals surface area (Å²) < 4.78 is 0. The molecule has 0 amide bonds. The van der Waals surface area contributed by atoms with Crippen molar-refractivity contribution < 1.29 is 10.2 Å². The van der Waals surface area contributed by atoms with Crippen LogP contribution in [0.5, 0.6) is 11.5 Å². The van der Waals surface area contributed by atoms with Crippen LogP contribution in [-0.4, -0.2) is 10.2 Å². The monoisotopic (exact) mass is 294 g/mol. The number of hydrogen-bond acceptors (Lipinski definition) is 2. The first-order valence-corrected chi connectivity index (χ1v) is 8.59. The smallest absolute Gasteiger partial charge is 0.127 e. The average molecular weight is 294 g/mol. The highest BCUT2D eigenvalue weighted by Gasteiger charge is 2.52. The quantitative estimate of drug-likeness (QED) is 0.747. The average Bonchev–Trinajstić information content (AvgIpc) is 2.49. The highest BCUT2D eigenvalue weighted by Crippen LogP contribution is 2.62. The molecule has 2 aromatic rings. The minimum absolute atomic E-state index is 0.111. The molecule has 6 rings (SSSR count). The van der Waals surface area contributed by atoms with Gasteiger partial charge in [0, 0.05) is 16.3 Å². The summed E-state index contributed by atoms with van der Waals surface area (Å²) in [4.78, 5) is 0. The molecule has 4 aliphatic carbocycles. The van der Waals surface area contributed by atoms with Gasteiger partial charge in [-0.05, 0) is 67.8 Å². The number of phenols is 2. The second kappa shape index (κ2) is 4.18. The molecule has 2 N–H and O–H groups in total. The number of hydrogen-bond donors (Lipinski definition) is 2. The van der Waals surface area contributed by atoms with E-state index in [1.807, 2.05) is 30.3 Å². The molecule has 0 radical (unpaired) electrons. The van der Waals surface area contributed by atoms with Crippen molar-refractivity contribution in [1.29, 1.82) is 0 Å². The Kier molecular flexibility index (Phi) is 2.44. The van der Waals surface area contributed by atoms with E-state index < -0.39 is 0 Å². The SMILES string of the molecule is Oc1cc(C23CC4CC(CC(C4)C2)C3)c(O)c2ccccc12. The zero-order valence-corrected chi connectivity index (χ0v) is 12.8. The Morgan fingerprint density at radius 1 is 0.818 bits per heavy atom. The summed E-state index contributed by atoms with van der Waals surface area (Å²) >= 11 is 0. The Hall–Kier alpha value is -1.70. The molecule has 2 aromatic carbocycles. The molecule has 0 aliphatic heterocycles. The fourth-order valence-electron chi connectivity index (χ4n) is 6.19.